The Hall–Kier alpha value is 0.200. The molecule has 0 aliphatic rings. The van der Waals surface area contributed by atoms with E-state index in [1.165, 1.54) is 6.92 Å². The third kappa shape index (κ3) is 2.58. The molecule has 0 aromatic rings. The monoisotopic (exact) mass is 265 g/mol. The van der Waals surface area contributed by atoms with Gasteiger partial charge in [-0.2, -0.15) is 0 Å². The topological polar surface area (TPSA) is 63.6 Å². The molecule has 0 N–H and O–H groups in total. The highest BCUT2D eigenvalue weighted by Gasteiger charge is 2.46. The van der Waals surface area contributed by atoms with Crippen LogP contribution in [0.2, 0.25) is 0 Å². The van der Waals surface area contributed by atoms with E-state index in [1.807, 2.05) is 0 Å². The number of rotatable bonds is 4. The van der Waals surface area contributed by atoms with Crippen LogP contribution in [-0.4, -0.2) is 30.0 Å². The normalized spacial score (nSPS) is 18.5. The summed E-state index contributed by atoms with van der Waals surface area (Å²) in [6, 6.07) is 0. The van der Waals surface area contributed by atoms with Crippen LogP contribution < -0.4 is 0 Å². The van der Waals surface area contributed by atoms with Gasteiger partial charge in [0.25, 0.3) is 16.1 Å². The fourth-order valence-electron chi connectivity index (χ4n) is 0.505. The number of isocyanates is 1. The Bertz CT molecular complexity index is 322. The Morgan fingerprint density at radius 2 is 2.08 bits per heavy atom. The van der Waals surface area contributed by atoms with Crippen LogP contribution in [0.3, 0.4) is 0 Å². The molecule has 0 heterocycles. The summed E-state index contributed by atoms with van der Waals surface area (Å²) in [6.07, 6.45) is 0.888. The second-order valence-electron chi connectivity index (χ2n) is 2.19. The van der Waals surface area contributed by atoms with E-state index in [0.717, 1.165) is 6.08 Å². The molecule has 0 fully saturated rings. The molecule has 0 saturated carbocycles. The minimum Gasteiger partial charge on any atom is -0.210 e. The average Bonchev–Trinajstić information content (AvgIpc) is 2.02. The van der Waals surface area contributed by atoms with Gasteiger partial charge in [-0.3, -0.25) is 0 Å². The van der Waals surface area contributed by atoms with E-state index in [1.54, 1.807) is 0 Å². The van der Waals surface area contributed by atoms with Crippen molar-refractivity contribution in [1.29, 1.82) is 0 Å². The smallest absolute Gasteiger partial charge is 0.210 e. The molecule has 0 aromatic heterocycles. The predicted molar refractivity (Wildman–Crippen MR) is 51.7 cm³/mol. The molecule has 4 nitrogen and oxygen atoms in total. The summed E-state index contributed by atoms with van der Waals surface area (Å²) in [6.45, 7) is 1.34. The molecule has 0 amide bonds. The highest BCUT2D eigenvalue weighted by Crippen LogP contribution is 2.33. The second kappa shape index (κ2) is 4.62. The fraction of sp³-hybridized carbons (Fsp3) is 0.800. The quantitative estimate of drug-likeness (QED) is 0.439. The molecule has 0 radical (unpaired) electrons. The Balaban J connectivity index is 5.33. The van der Waals surface area contributed by atoms with E-state index < -0.39 is 25.5 Å². The first-order valence-corrected chi connectivity index (χ1v) is 5.83. The molecule has 13 heavy (non-hydrogen) atoms. The lowest BCUT2D eigenvalue weighted by molar-refractivity contribution is 0.559. The maximum atomic E-state index is 11.2. The van der Waals surface area contributed by atoms with Crippen LogP contribution in [0.1, 0.15) is 6.92 Å². The molecule has 0 saturated heterocycles. The highest BCUT2D eigenvalue weighted by atomic mass is 35.5. The third-order valence-electron chi connectivity index (χ3n) is 1.36. The number of hydrogen-bond acceptors (Lipinski definition) is 3. The van der Waals surface area contributed by atoms with Crippen molar-refractivity contribution in [3.63, 3.8) is 0 Å². The summed E-state index contributed by atoms with van der Waals surface area (Å²) < 4.78 is 23.0. The van der Waals surface area contributed by atoms with Crippen molar-refractivity contribution in [3.05, 3.63) is 0 Å². The SMILES string of the molecule is CC(Cl)C(Cl)(CCl)S(=O)(=O)N=C=O. The molecule has 8 heteroatoms. The summed E-state index contributed by atoms with van der Waals surface area (Å²) >= 11 is 16.5. The van der Waals surface area contributed by atoms with Gasteiger partial charge in [0, 0.05) is 0 Å². The Kier molecular flexibility index (Phi) is 4.69. The van der Waals surface area contributed by atoms with E-state index in [0.29, 0.717) is 0 Å². The molecule has 0 aromatic carbocycles. The van der Waals surface area contributed by atoms with Crippen LogP contribution in [0.25, 0.3) is 0 Å². The maximum Gasteiger partial charge on any atom is 0.286 e. The van der Waals surface area contributed by atoms with Crippen molar-refractivity contribution in [1.82, 2.24) is 0 Å². The van der Waals surface area contributed by atoms with E-state index in [4.69, 9.17) is 34.8 Å². The van der Waals surface area contributed by atoms with Gasteiger partial charge in [0.1, 0.15) is 0 Å². The van der Waals surface area contributed by atoms with Gasteiger partial charge < -0.3 is 0 Å². The minimum atomic E-state index is -4.22. The molecule has 2 unspecified atom stereocenters. The molecular weight excluding hydrogens is 260 g/mol. The van der Waals surface area contributed by atoms with Crippen molar-refractivity contribution >= 4 is 50.9 Å². The molecule has 0 rings (SSSR count). The maximum absolute atomic E-state index is 11.2. The summed E-state index contributed by atoms with van der Waals surface area (Å²) in [5.74, 6) is -0.466. The number of hydrogen-bond donors (Lipinski definition) is 0. The summed E-state index contributed by atoms with van der Waals surface area (Å²) in [7, 11) is -4.22. The Labute approximate surface area is 90.9 Å². The molecule has 76 valence electrons. The number of carbonyl (C=O) groups excluding carboxylic acids is 1. The molecule has 0 spiro atoms. The van der Waals surface area contributed by atoms with Crippen LogP contribution >= 0.6 is 34.8 Å². The Morgan fingerprint density at radius 3 is 2.31 bits per heavy atom. The van der Waals surface area contributed by atoms with Crippen molar-refractivity contribution in [2.75, 3.05) is 5.88 Å². The van der Waals surface area contributed by atoms with Gasteiger partial charge >= 0.3 is 0 Å². The molecule has 0 aliphatic heterocycles. The lowest BCUT2D eigenvalue weighted by Gasteiger charge is -2.23. The van der Waals surface area contributed by atoms with Crippen molar-refractivity contribution in [3.8, 4) is 0 Å². The zero-order valence-corrected chi connectivity index (χ0v) is 9.58. The lowest BCUT2D eigenvalue weighted by atomic mass is 10.3. The van der Waals surface area contributed by atoms with Gasteiger partial charge in [-0.15, -0.1) is 23.2 Å². The van der Waals surface area contributed by atoms with E-state index in [9.17, 15) is 13.2 Å². The number of halogens is 3. The van der Waals surface area contributed by atoms with Crippen LogP contribution in [0.5, 0.6) is 0 Å². The van der Waals surface area contributed by atoms with Crippen LogP contribution in [0.15, 0.2) is 4.40 Å². The van der Waals surface area contributed by atoms with Crippen LogP contribution in [0.4, 0.5) is 0 Å². The first-order valence-electron chi connectivity index (χ1n) is 3.04. The third-order valence-corrected chi connectivity index (χ3v) is 5.41. The first kappa shape index (κ1) is 13.2. The highest BCUT2D eigenvalue weighted by molar-refractivity contribution is 7.93. The number of nitrogens with zero attached hydrogens (tertiary/aromatic N) is 1. The average molecular weight is 267 g/mol. The van der Waals surface area contributed by atoms with Crippen molar-refractivity contribution in [2.45, 2.75) is 16.5 Å². The number of sulfonamides is 1. The minimum absolute atomic E-state index is 0.466. The molecule has 0 bridgehead atoms. The van der Waals surface area contributed by atoms with E-state index in [-0.39, 0.29) is 0 Å². The summed E-state index contributed by atoms with van der Waals surface area (Å²) in [5, 5.41) is -0.978. The Morgan fingerprint density at radius 1 is 1.62 bits per heavy atom. The van der Waals surface area contributed by atoms with Gasteiger partial charge in [0.15, 0.2) is 4.21 Å². The molecule has 2 atom stereocenters. The summed E-state index contributed by atoms with van der Waals surface area (Å²) in [4.78, 5) is 9.79. The van der Waals surface area contributed by atoms with Gasteiger partial charge in [-0.05, 0) is 6.92 Å². The van der Waals surface area contributed by atoms with Gasteiger partial charge in [0.05, 0.1) is 11.3 Å². The number of alkyl halides is 3. The lowest BCUT2D eigenvalue weighted by Crippen LogP contribution is -2.40. The van der Waals surface area contributed by atoms with Crippen molar-refractivity contribution in [2.24, 2.45) is 4.40 Å². The fourth-order valence-corrected chi connectivity index (χ4v) is 2.55. The van der Waals surface area contributed by atoms with E-state index >= 15 is 0 Å². The van der Waals surface area contributed by atoms with Gasteiger partial charge in [0.2, 0.25) is 0 Å². The first-order chi connectivity index (χ1) is 5.81. The zero-order valence-electron chi connectivity index (χ0n) is 6.50. The van der Waals surface area contributed by atoms with Gasteiger partial charge in [-0.25, -0.2) is 13.2 Å². The van der Waals surface area contributed by atoms with Crippen LogP contribution in [-0.2, 0) is 14.8 Å². The zero-order chi connectivity index (χ0) is 10.7. The summed E-state index contributed by atoms with van der Waals surface area (Å²) in [5.41, 5.74) is 0. The standard InChI is InChI=1S/C5H6Cl3NO3S/c1-4(7)5(8,2-6)13(11,12)9-3-10/h4H,2H2,1H3. The van der Waals surface area contributed by atoms with E-state index in [2.05, 4.69) is 4.40 Å². The predicted octanol–water partition coefficient (Wildman–Crippen LogP) is 1.45. The van der Waals surface area contributed by atoms with Crippen LogP contribution in [0, 0.1) is 0 Å². The molecular formula is C5H6Cl3NO3S. The molecule has 0 aliphatic carbocycles. The van der Waals surface area contributed by atoms with Gasteiger partial charge in [-0.1, -0.05) is 16.0 Å². The second-order valence-corrected chi connectivity index (χ2v) is 5.88. The van der Waals surface area contributed by atoms with Crippen molar-refractivity contribution < 1.29 is 13.2 Å². The largest absolute Gasteiger partial charge is 0.286 e.